The maximum Gasteiger partial charge on any atom is 0.315 e. The number of urea groups is 1. The Kier molecular flexibility index (Phi) is 5.37. The summed E-state index contributed by atoms with van der Waals surface area (Å²) < 4.78 is 5.67. The van der Waals surface area contributed by atoms with Crippen LogP contribution in [0.2, 0.25) is 0 Å². The van der Waals surface area contributed by atoms with Crippen molar-refractivity contribution in [2.24, 2.45) is 0 Å². The van der Waals surface area contributed by atoms with Gasteiger partial charge in [0.05, 0.1) is 24.4 Å². The summed E-state index contributed by atoms with van der Waals surface area (Å²) in [6.45, 7) is 7.92. The van der Waals surface area contributed by atoms with Crippen LogP contribution >= 0.6 is 0 Å². The number of ether oxygens (including phenoxy) is 1. The molecular weight excluding hydrogens is 258 g/mol. The van der Waals surface area contributed by atoms with E-state index in [4.69, 9.17) is 4.74 Å². The van der Waals surface area contributed by atoms with Crippen LogP contribution in [0.15, 0.2) is 12.3 Å². The Morgan fingerprint density at radius 1 is 1.45 bits per heavy atom. The molecule has 2 heterocycles. The second-order valence-electron chi connectivity index (χ2n) is 5.21. The van der Waals surface area contributed by atoms with Crippen LogP contribution in [0.4, 0.5) is 4.79 Å². The molecule has 1 aromatic heterocycles. The van der Waals surface area contributed by atoms with Gasteiger partial charge in [-0.05, 0) is 19.9 Å². The summed E-state index contributed by atoms with van der Waals surface area (Å²) >= 11 is 0. The zero-order valence-electron chi connectivity index (χ0n) is 12.1. The molecule has 0 aliphatic carbocycles. The van der Waals surface area contributed by atoms with Crippen LogP contribution in [-0.4, -0.2) is 59.5 Å². The maximum atomic E-state index is 11.6. The second-order valence-corrected chi connectivity index (χ2v) is 5.21. The number of hydrogen-bond acceptors (Lipinski definition) is 4. The van der Waals surface area contributed by atoms with E-state index in [1.54, 1.807) is 6.20 Å². The molecule has 1 aliphatic heterocycles. The number of rotatable bonds is 5. The monoisotopic (exact) mass is 281 g/mol. The summed E-state index contributed by atoms with van der Waals surface area (Å²) in [6.07, 6.45) is 2.18. The minimum Gasteiger partial charge on any atom is -0.373 e. The van der Waals surface area contributed by atoms with Gasteiger partial charge < -0.3 is 15.4 Å². The summed E-state index contributed by atoms with van der Waals surface area (Å²) in [4.78, 5) is 13.9. The van der Waals surface area contributed by atoms with Crippen LogP contribution in [0, 0.1) is 0 Å². The lowest BCUT2D eigenvalue weighted by atomic mass is 10.2. The lowest BCUT2D eigenvalue weighted by Gasteiger charge is -2.35. The first-order valence-corrected chi connectivity index (χ1v) is 7.01. The minimum atomic E-state index is -0.158. The number of H-pyrrole nitrogens is 1. The molecule has 0 unspecified atom stereocenters. The van der Waals surface area contributed by atoms with E-state index in [2.05, 4.69) is 39.6 Å². The van der Waals surface area contributed by atoms with Crippen molar-refractivity contribution in [3.63, 3.8) is 0 Å². The molecule has 7 nitrogen and oxygen atoms in total. The van der Waals surface area contributed by atoms with Gasteiger partial charge in [0.15, 0.2) is 0 Å². The van der Waals surface area contributed by atoms with E-state index in [9.17, 15) is 4.79 Å². The van der Waals surface area contributed by atoms with E-state index < -0.39 is 0 Å². The van der Waals surface area contributed by atoms with Gasteiger partial charge in [-0.3, -0.25) is 10.00 Å². The molecule has 2 amide bonds. The van der Waals surface area contributed by atoms with Gasteiger partial charge in [0.2, 0.25) is 0 Å². The normalized spacial score (nSPS) is 23.5. The molecule has 1 aromatic rings. The highest BCUT2D eigenvalue weighted by atomic mass is 16.5. The lowest BCUT2D eigenvalue weighted by molar-refractivity contribution is -0.0672. The number of nitrogens with zero attached hydrogens (tertiary/aromatic N) is 2. The van der Waals surface area contributed by atoms with Crippen molar-refractivity contribution in [1.82, 2.24) is 25.7 Å². The largest absolute Gasteiger partial charge is 0.373 e. The first-order chi connectivity index (χ1) is 9.63. The number of nitrogens with one attached hydrogen (secondary N) is 3. The van der Waals surface area contributed by atoms with Crippen LogP contribution < -0.4 is 10.6 Å². The summed E-state index contributed by atoms with van der Waals surface area (Å²) in [5.41, 5.74) is 0.885. The van der Waals surface area contributed by atoms with E-state index >= 15 is 0 Å². The molecule has 0 spiro atoms. The lowest BCUT2D eigenvalue weighted by Crippen LogP contribution is -2.48. The Morgan fingerprint density at radius 2 is 2.20 bits per heavy atom. The van der Waals surface area contributed by atoms with Gasteiger partial charge >= 0.3 is 6.03 Å². The molecule has 1 saturated heterocycles. The summed E-state index contributed by atoms with van der Waals surface area (Å²) in [5.74, 6) is 0. The van der Waals surface area contributed by atoms with Crippen molar-refractivity contribution >= 4 is 6.03 Å². The number of carbonyl (C=O) groups is 1. The summed E-state index contributed by atoms with van der Waals surface area (Å²) in [5, 5.41) is 12.2. The molecule has 20 heavy (non-hydrogen) atoms. The zero-order valence-corrected chi connectivity index (χ0v) is 12.1. The summed E-state index contributed by atoms with van der Waals surface area (Å²) in [7, 11) is 0. The molecule has 2 rings (SSSR count). The maximum absolute atomic E-state index is 11.6. The highest BCUT2D eigenvalue weighted by molar-refractivity contribution is 5.73. The molecule has 0 radical (unpaired) electrons. The fourth-order valence-electron chi connectivity index (χ4n) is 2.42. The van der Waals surface area contributed by atoms with E-state index in [1.165, 1.54) is 0 Å². The van der Waals surface area contributed by atoms with Crippen molar-refractivity contribution in [3.05, 3.63) is 18.0 Å². The fraction of sp³-hybridized carbons (Fsp3) is 0.692. The Balaban J connectivity index is 1.59. The van der Waals surface area contributed by atoms with Crippen molar-refractivity contribution < 1.29 is 9.53 Å². The number of morpholine rings is 1. The molecule has 0 saturated carbocycles. The van der Waals surface area contributed by atoms with Gasteiger partial charge in [-0.2, -0.15) is 5.10 Å². The average Bonchev–Trinajstić information content (AvgIpc) is 2.88. The highest BCUT2D eigenvalue weighted by Crippen LogP contribution is 2.09. The van der Waals surface area contributed by atoms with Crippen LogP contribution in [0.3, 0.4) is 0 Å². The topological polar surface area (TPSA) is 82.3 Å². The van der Waals surface area contributed by atoms with Crippen molar-refractivity contribution in [1.29, 1.82) is 0 Å². The third-order valence-electron chi connectivity index (χ3n) is 3.21. The molecule has 2 atom stereocenters. The third kappa shape index (κ3) is 4.82. The number of hydrogen-bond donors (Lipinski definition) is 3. The SMILES string of the molecule is C[C@H]1CN(CCNC(=O)NCc2ccn[nH]2)C[C@H](C)O1. The first-order valence-electron chi connectivity index (χ1n) is 7.01. The molecule has 7 heteroatoms. The minimum absolute atomic E-state index is 0.158. The first kappa shape index (κ1) is 14.8. The van der Waals surface area contributed by atoms with Gasteiger partial charge in [-0.15, -0.1) is 0 Å². The van der Waals surface area contributed by atoms with E-state index in [0.717, 1.165) is 25.3 Å². The Bertz CT molecular complexity index is 399. The smallest absolute Gasteiger partial charge is 0.315 e. The van der Waals surface area contributed by atoms with Crippen LogP contribution in [0.25, 0.3) is 0 Å². The summed E-state index contributed by atoms with van der Waals surface area (Å²) in [6, 6.07) is 1.67. The average molecular weight is 281 g/mol. The number of amides is 2. The molecule has 0 aromatic carbocycles. The zero-order chi connectivity index (χ0) is 14.4. The van der Waals surface area contributed by atoms with Gasteiger partial charge in [0.25, 0.3) is 0 Å². The van der Waals surface area contributed by atoms with Crippen molar-refractivity contribution in [2.75, 3.05) is 26.2 Å². The van der Waals surface area contributed by atoms with Crippen molar-refractivity contribution in [2.45, 2.75) is 32.6 Å². The third-order valence-corrected chi connectivity index (χ3v) is 3.21. The molecule has 0 bridgehead atoms. The molecule has 3 N–H and O–H groups in total. The quantitative estimate of drug-likeness (QED) is 0.726. The van der Waals surface area contributed by atoms with Crippen LogP contribution in [0.1, 0.15) is 19.5 Å². The highest BCUT2D eigenvalue weighted by Gasteiger charge is 2.21. The van der Waals surface area contributed by atoms with Gasteiger partial charge in [0.1, 0.15) is 0 Å². The van der Waals surface area contributed by atoms with E-state index in [0.29, 0.717) is 13.1 Å². The molecule has 1 aliphatic rings. The van der Waals surface area contributed by atoms with Crippen molar-refractivity contribution in [3.8, 4) is 0 Å². The Labute approximate surface area is 119 Å². The molecule has 112 valence electrons. The number of aromatic nitrogens is 2. The predicted molar refractivity (Wildman–Crippen MR) is 75.3 cm³/mol. The van der Waals surface area contributed by atoms with Gasteiger partial charge in [0, 0.05) is 32.4 Å². The molecular formula is C13H23N5O2. The van der Waals surface area contributed by atoms with E-state index in [1.807, 2.05) is 6.07 Å². The fourth-order valence-corrected chi connectivity index (χ4v) is 2.42. The Morgan fingerprint density at radius 3 is 2.85 bits per heavy atom. The standard InChI is InChI=1S/C13H23N5O2/c1-10-8-18(9-11(2)20-10)6-5-14-13(19)15-7-12-3-4-16-17-12/h3-4,10-11H,5-9H2,1-2H3,(H,16,17)(H2,14,15,19)/t10-,11-/m0/s1. The Hall–Kier alpha value is -1.60. The van der Waals surface area contributed by atoms with Crippen LogP contribution in [-0.2, 0) is 11.3 Å². The molecule has 1 fully saturated rings. The van der Waals surface area contributed by atoms with Crippen LogP contribution in [0.5, 0.6) is 0 Å². The predicted octanol–water partition coefficient (Wildman–Crippen LogP) is 0.318. The number of aromatic amines is 1. The van der Waals surface area contributed by atoms with Gasteiger partial charge in [-0.1, -0.05) is 0 Å². The number of carbonyl (C=O) groups excluding carboxylic acids is 1. The van der Waals surface area contributed by atoms with Gasteiger partial charge in [-0.25, -0.2) is 4.79 Å². The second kappa shape index (κ2) is 7.25. The van der Waals surface area contributed by atoms with E-state index in [-0.39, 0.29) is 18.2 Å².